The molecule has 0 saturated heterocycles. The van der Waals surface area contributed by atoms with Crippen LogP contribution in [0.2, 0.25) is 0 Å². The average Bonchev–Trinajstić information content (AvgIpc) is 2.56. The lowest BCUT2D eigenvalue weighted by Gasteiger charge is -2.29. The molecule has 0 unspecified atom stereocenters. The zero-order valence-electron chi connectivity index (χ0n) is 9.62. The Labute approximate surface area is 87.1 Å². The summed E-state index contributed by atoms with van der Waals surface area (Å²) in [6.45, 7) is 3.54. The number of carbonyl (C=O) groups is 1. The largest absolute Gasteiger partial charge is 0.339 e. The summed E-state index contributed by atoms with van der Waals surface area (Å²) >= 11 is 0. The predicted octanol–water partition coefficient (Wildman–Crippen LogP) is 1.34. The fourth-order valence-electron chi connectivity index (χ4n) is 2.12. The van der Waals surface area contributed by atoms with Crippen LogP contribution in [-0.2, 0) is 4.79 Å². The highest BCUT2D eigenvalue weighted by atomic mass is 16.2. The van der Waals surface area contributed by atoms with E-state index in [4.69, 9.17) is 0 Å². The third-order valence-electron chi connectivity index (χ3n) is 2.96. The van der Waals surface area contributed by atoms with Crippen LogP contribution in [0.3, 0.4) is 0 Å². The van der Waals surface area contributed by atoms with Crippen molar-refractivity contribution in [3.8, 4) is 0 Å². The lowest BCUT2D eigenvalue weighted by atomic mass is 10.2. The lowest BCUT2D eigenvalue weighted by molar-refractivity contribution is -0.131. The van der Waals surface area contributed by atoms with Gasteiger partial charge in [-0.1, -0.05) is 12.8 Å². The standard InChI is InChI=1S/C11H22N2O/c1-10(14)13(9-8-12(2)3)11-6-4-5-7-11/h11H,4-9H2,1-3H3. The van der Waals surface area contributed by atoms with Crippen LogP contribution in [0.5, 0.6) is 0 Å². The molecule has 0 aliphatic heterocycles. The monoisotopic (exact) mass is 198 g/mol. The quantitative estimate of drug-likeness (QED) is 0.680. The molecule has 14 heavy (non-hydrogen) atoms. The van der Waals surface area contributed by atoms with Gasteiger partial charge in [0.15, 0.2) is 0 Å². The first-order valence-electron chi connectivity index (χ1n) is 5.53. The Balaban J connectivity index is 2.42. The molecule has 0 radical (unpaired) electrons. The lowest BCUT2D eigenvalue weighted by Crippen LogP contribution is -2.41. The predicted molar refractivity (Wildman–Crippen MR) is 58.2 cm³/mol. The maximum absolute atomic E-state index is 11.5. The van der Waals surface area contributed by atoms with E-state index in [1.54, 1.807) is 6.92 Å². The van der Waals surface area contributed by atoms with Crippen molar-refractivity contribution in [2.24, 2.45) is 0 Å². The topological polar surface area (TPSA) is 23.6 Å². The molecule has 1 saturated carbocycles. The first kappa shape index (κ1) is 11.5. The summed E-state index contributed by atoms with van der Waals surface area (Å²) in [5, 5.41) is 0. The third kappa shape index (κ3) is 3.29. The van der Waals surface area contributed by atoms with Crippen molar-refractivity contribution in [2.75, 3.05) is 27.2 Å². The molecule has 1 rings (SSSR count). The molecule has 1 fully saturated rings. The van der Waals surface area contributed by atoms with Crippen LogP contribution in [0.1, 0.15) is 32.6 Å². The van der Waals surface area contributed by atoms with E-state index < -0.39 is 0 Å². The summed E-state index contributed by atoms with van der Waals surface area (Å²) in [6, 6.07) is 0.521. The molecule has 1 amide bonds. The highest BCUT2D eigenvalue weighted by Crippen LogP contribution is 2.23. The molecule has 1 aliphatic carbocycles. The first-order valence-corrected chi connectivity index (χ1v) is 5.53. The van der Waals surface area contributed by atoms with Gasteiger partial charge in [0.2, 0.25) is 5.91 Å². The molecule has 3 heteroatoms. The second-order valence-corrected chi connectivity index (χ2v) is 4.45. The maximum Gasteiger partial charge on any atom is 0.219 e. The van der Waals surface area contributed by atoms with E-state index in [0.29, 0.717) is 6.04 Å². The highest BCUT2D eigenvalue weighted by Gasteiger charge is 2.23. The second-order valence-electron chi connectivity index (χ2n) is 4.45. The fourth-order valence-corrected chi connectivity index (χ4v) is 2.12. The van der Waals surface area contributed by atoms with Crippen LogP contribution >= 0.6 is 0 Å². The molecule has 3 nitrogen and oxygen atoms in total. The molecule has 0 atom stereocenters. The SMILES string of the molecule is CC(=O)N(CCN(C)C)C1CCCC1. The van der Waals surface area contributed by atoms with E-state index in [-0.39, 0.29) is 5.91 Å². The minimum absolute atomic E-state index is 0.235. The average molecular weight is 198 g/mol. The molecular formula is C11H22N2O. The molecule has 0 aromatic carbocycles. The molecule has 82 valence electrons. The van der Waals surface area contributed by atoms with Crippen LogP contribution in [0.15, 0.2) is 0 Å². The van der Waals surface area contributed by atoms with E-state index in [2.05, 4.69) is 4.90 Å². The molecule has 0 spiro atoms. The molecule has 0 heterocycles. The number of rotatable bonds is 4. The van der Waals surface area contributed by atoms with Crippen molar-refractivity contribution in [1.29, 1.82) is 0 Å². The Kier molecular flexibility index (Phi) is 4.39. The highest BCUT2D eigenvalue weighted by molar-refractivity contribution is 5.73. The van der Waals surface area contributed by atoms with Gasteiger partial charge < -0.3 is 9.80 Å². The second kappa shape index (κ2) is 5.35. The Bertz CT molecular complexity index is 186. The van der Waals surface area contributed by atoms with Gasteiger partial charge in [-0.15, -0.1) is 0 Å². The van der Waals surface area contributed by atoms with Crippen LogP contribution in [0.4, 0.5) is 0 Å². The number of hydrogen-bond acceptors (Lipinski definition) is 2. The molecule has 1 aliphatic rings. The van der Waals surface area contributed by atoms with Gasteiger partial charge in [-0.25, -0.2) is 0 Å². The van der Waals surface area contributed by atoms with Crippen LogP contribution in [0.25, 0.3) is 0 Å². The number of amides is 1. The maximum atomic E-state index is 11.5. The third-order valence-corrected chi connectivity index (χ3v) is 2.96. The van der Waals surface area contributed by atoms with Gasteiger partial charge in [-0.05, 0) is 26.9 Å². The van der Waals surface area contributed by atoms with Gasteiger partial charge >= 0.3 is 0 Å². The van der Waals surface area contributed by atoms with Crippen LogP contribution < -0.4 is 0 Å². The first-order chi connectivity index (χ1) is 6.61. The smallest absolute Gasteiger partial charge is 0.219 e. The Morgan fingerprint density at radius 2 is 1.79 bits per heavy atom. The summed E-state index contributed by atoms with van der Waals surface area (Å²) < 4.78 is 0. The summed E-state index contributed by atoms with van der Waals surface area (Å²) in [5.74, 6) is 0.235. The van der Waals surface area contributed by atoms with Crippen molar-refractivity contribution in [2.45, 2.75) is 38.6 Å². The van der Waals surface area contributed by atoms with Gasteiger partial charge in [0.05, 0.1) is 0 Å². The van der Waals surface area contributed by atoms with Gasteiger partial charge in [0, 0.05) is 26.1 Å². The van der Waals surface area contributed by atoms with Gasteiger partial charge in [0.1, 0.15) is 0 Å². The van der Waals surface area contributed by atoms with Crippen molar-refractivity contribution in [3.63, 3.8) is 0 Å². The van der Waals surface area contributed by atoms with Crippen molar-refractivity contribution >= 4 is 5.91 Å². The molecular weight excluding hydrogens is 176 g/mol. The van der Waals surface area contributed by atoms with E-state index in [1.165, 1.54) is 25.7 Å². The minimum atomic E-state index is 0.235. The number of carbonyl (C=O) groups excluding carboxylic acids is 1. The molecule has 0 aromatic rings. The van der Waals surface area contributed by atoms with Gasteiger partial charge in [0.25, 0.3) is 0 Å². The van der Waals surface area contributed by atoms with Crippen molar-refractivity contribution in [1.82, 2.24) is 9.80 Å². The van der Waals surface area contributed by atoms with Gasteiger partial charge in [-0.2, -0.15) is 0 Å². The summed E-state index contributed by atoms with van der Waals surface area (Å²) in [4.78, 5) is 15.6. The normalized spacial score (nSPS) is 17.7. The zero-order valence-corrected chi connectivity index (χ0v) is 9.62. The van der Waals surface area contributed by atoms with Gasteiger partial charge in [-0.3, -0.25) is 4.79 Å². The summed E-state index contributed by atoms with van der Waals surface area (Å²) in [7, 11) is 4.10. The Morgan fingerprint density at radius 1 is 1.21 bits per heavy atom. The fraction of sp³-hybridized carbons (Fsp3) is 0.909. The number of nitrogens with zero attached hydrogens (tertiary/aromatic N) is 2. The van der Waals surface area contributed by atoms with E-state index in [9.17, 15) is 4.79 Å². The Hall–Kier alpha value is -0.570. The minimum Gasteiger partial charge on any atom is -0.339 e. The van der Waals surface area contributed by atoms with Crippen molar-refractivity contribution < 1.29 is 4.79 Å². The Morgan fingerprint density at radius 3 is 2.21 bits per heavy atom. The number of hydrogen-bond donors (Lipinski definition) is 0. The summed E-state index contributed by atoms with van der Waals surface area (Å²) in [5.41, 5.74) is 0. The van der Waals surface area contributed by atoms with Crippen molar-refractivity contribution in [3.05, 3.63) is 0 Å². The molecule has 0 bridgehead atoms. The summed E-state index contributed by atoms with van der Waals surface area (Å²) in [6.07, 6.45) is 4.98. The molecule has 0 N–H and O–H groups in total. The number of likely N-dealkylation sites (N-methyl/N-ethyl adjacent to an activating group) is 1. The van der Waals surface area contributed by atoms with Crippen LogP contribution in [-0.4, -0.2) is 48.9 Å². The van der Waals surface area contributed by atoms with Crippen LogP contribution in [0, 0.1) is 0 Å². The molecule has 0 aromatic heterocycles. The van der Waals surface area contributed by atoms with E-state index >= 15 is 0 Å². The zero-order chi connectivity index (χ0) is 10.6. The van der Waals surface area contributed by atoms with E-state index in [1.807, 2.05) is 19.0 Å². The van der Waals surface area contributed by atoms with E-state index in [0.717, 1.165) is 13.1 Å².